The number of rotatable bonds is 9. The second-order valence-electron chi connectivity index (χ2n) is 3.93. The molecule has 0 saturated carbocycles. The van der Waals surface area contributed by atoms with Crippen LogP contribution in [0.15, 0.2) is 0 Å². The van der Waals surface area contributed by atoms with Crippen molar-refractivity contribution in [3.63, 3.8) is 0 Å². The maximum atomic E-state index is 11.5. The highest BCUT2D eigenvalue weighted by atomic mass is 79.9. The first-order valence-corrected chi connectivity index (χ1v) is 8.95. The lowest BCUT2D eigenvalue weighted by molar-refractivity contribution is 0.209. The predicted octanol–water partition coefficient (Wildman–Crippen LogP) is 2.31. The molecule has 0 aliphatic rings. The molecule has 0 atom stereocenters. The van der Waals surface area contributed by atoms with Gasteiger partial charge in [-0.15, -0.1) is 0 Å². The monoisotopic (exact) mass is 313 g/mol. The van der Waals surface area contributed by atoms with Crippen LogP contribution >= 0.6 is 15.9 Å². The Labute approximate surface area is 109 Å². The number of alkyl halides is 1. The van der Waals surface area contributed by atoms with Crippen LogP contribution in [0.3, 0.4) is 0 Å². The zero-order valence-electron chi connectivity index (χ0n) is 10.6. The van der Waals surface area contributed by atoms with Crippen molar-refractivity contribution in [2.24, 2.45) is 0 Å². The SMILES string of the molecule is CCC(CC)N(CCBr)CCS(=O)(=O)CC. The van der Waals surface area contributed by atoms with Gasteiger partial charge in [-0.1, -0.05) is 36.7 Å². The van der Waals surface area contributed by atoms with E-state index in [4.69, 9.17) is 0 Å². The van der Waals surface area contributed by atoms with Crippen LogP contribution < -0.4 is 0 Å². The normalized spacial score (nSPS) is 12.6. The molecule has 0 N–H and O–H groups in total. The highest BCUT2D eigenvalue weighted by Crippen LogP contribution is 2.09. The maximum Gasteiger partial charge on any atom is 0.151 e. The Balaban J connectivity index is 4.33. The number of nitrogens with zero attached hydrogens (tertiary/aromatic N) is 1. The maximum absolute atomic E-state index is 11.5. The largest absolute Gasteiger partial charge is 0.299 e. The summed E-state index contributed by atoms with van der Waals surface area (Å²) >= 11 is 3.42. The van der Waals surface area contributed by atoms with Gasteiger partial charge >= 0.3 is 0 Å². The van der Waals surface area contributed by atoms with E-state index in [0.29, 0.717) is 12.6 Å². The first-order valence-electron chi connectivity index (χ1n) is 6.01. The Morgan fingerprint density at radius 2 is 1.69 bits per heavy atom. The molecule has 3 nitrogen and oxygen atoms in total. The van der Waals surface area contributed by atoms with Crippen LogP contribution in [0.25, 0.3) is 0 Å². The van der Waals surface area contributed by atoms with Crippen molar-refractivity contribution in [2.75, 3.05) is 29.9 Å². The van der Waals surface area contributed by atoms with E-state index in [0.717, 1.165) is 24.7 Å². The summed E-state index contributed by atoms with van der Waals surface area (Å²) in [5.74, 6) is 0.533. The lowest BCUT2D eigenvalue weighted by Gasteiger charge is -2.29. The van der Waals surface area contributed by atoms with E-state index in [9.17, 15) is 8.42 Å². The van der Waals surface area contributed by atoms with Crippen LogP contribution in [0.5, 0.6) is 0 Å². The van der Waals surface area contributed by atoms with Gasteiger partial charge in [0.25, 0.3) is 0 Å². The summed E-state index contributed by atoms with van der Waals surface area (Å²) in [6.45, 7) is 7.61. The molecule has 0 heterocycles. The second kappa shape index (κ2) is 8.48. The smallest absolute Gasteiger partial charge is 0.151 e. The molecule has 5 heteroatoms. The Morgan fingerprint density at radius 3 is 2.06 bits per heavy atom. The third kappa shape index (κ3) is 6.21. The van der Waals surface area contributed by atoms with Crippen molar-refractivity contribution in [2.45, 2.75) is 39.7 Å². The van der Waals surface area contributed by atoms with Crippen molar-refractivity contribution in [1.82, 2.24) is 4.90 Å². The van der Waals surface area contributed by atoms with Gasteiger partial charge in [-0.2, -0.15) is 0 Å². The summed E-state index contributed by atoms with van der Waals surface area (Å²) in [5, 5.41) is 0.898. The average Bonchev–Trinajstić information content (AvgIpc) is 2.27. The summed E-state index contributed by atoms with van der Waals surface area (Å²) < 4.78 is 22.9. The minimum Gasteiger partial charge on any atom is -0.299 e. The Kier molecular flexibility index (Phi) is 8.68. The third-order valence-corrected chi connectivity index (χ3v) is 5.00. The molecule has 0 rings (SSSR count). The molecular formula is C11H24BrNO2S. The number of halogens is 1. The van der Waals surface area contributed by atoms with Crippen molar-refractivity contribution < 1.29 is 8.42 Å². The van der Waals surface area contributed by atoms with Crippen molar-refractivity contribution >= 4 is 25.8 Å². The van der Waals surface area contributed by atoms with E-state index in [1.807, 2.05) is 0 Å². The molecule has 98 valence electrons. The molecule has 0 aromatic rings. The van der Waals surface area contributed by atoms with Crippen molar-refractivity contribution in [3.05, 3.63) is 0 Å². The zero-order valence-corrected chi connectivity index (χ0v) is 13.0. The Bertz CT molecular complexity index is 263. The molecule has 0 saturated heterocycles. The molecule has 0 aliphatic heterocycles. The van der Waals surface area contributed by atoms with Gasteiger partial charge in [-0.3, -0.25) is 4.90 Å². The van der Waals surface area contributed by atoms with Gasteiger partial charge in [0.1, 0.15) is 0 Å². The fraction of sp³-hybridized carbons (Fsp3) is 1.00. The van der Waals surface area contributed by atoms with Gasteiger partial charge in [0.05, 0.1) is 5.75 Å². The lowest BCUT2D eigenvalue weighted by Crippen LogP contribution is -2.39. The second-order valence-corrected chi connectivity index (χ2v) is 7.20. The van der Waals surface area contributed by atoms with Crippen LogP contribution in [0.1, 0.15) is 33.6 Å². The predicted molar refractivity (Wildman–Crippen MR) is 74.1 cm³/mol. The standard InChI is InChI=1S/C11H24BrNO2S/c1-4-11(5-2)13(8-7-12)9-10-16(14,15)6-3/h11H,4-10H2,1-3H3. The van der Waals surface area contributed by atoms with Crippen LogP contribution in [-0.2, 0) is 9.84 Å². The van der Waals surface area contributed by atoms with Gasteiger partial charge in [0.2, 0.25) is 0 Å². The van der Waals surface area contributed by atoms with Gasteiger partial charge in [-0.25, -0.2) is 8.42 Å². The number of hydrogen-bond donors (Lipinski definition) is 0. The van der Waals surface area contributed by atoms with Crippen molar-refractivity contribution in [3.8, 4) is 0 Å². The Hall–Kier alpha value is 0.390. The highest BCUT2D eigenvalue weighted by molar-refractivity contribution is 9.09. The summed E-state index contributed by atoms with van der Waals surface area (Å²) in [7, 11) is -2.84. The zero-order chi connectivity index (χ0) is 12.6. The summed E-state index contributed by atoms with van der Waals surface area (Å²) in [6.07, 6.45) is 2.16. The van der Waals surface area contributed by atoms with Gasteiger partial charge in [0, 0.05) is 30.2 Å². The highest BCUT2D eigenvalue weighted by Gasteiger charge is 2.17. The topological polar surface area (TPSA) is 37.4 Å². The number of hydrogen-bond acceptors (Lipinski definition) is 3. The molecule has 0 unspecified atom stereocenters. The minimum atomic E-state index is -2.84. The quantitative estimate of drug-likeness (QED) is 0.613. The molecule has 0 aromatic carbocycles. The summed E-state index contributed by atoms with van der Waals surface area (Å²) in [5.41, 5.74) is 0. The first kappa shape index (κ1) is 16.4. The van der Waals surface area contributed by atoms with E-state index in [1.54, 1.807) is 6.92 Å². The van der Waals surface area contributed by atoms with Gasteiger partial charge < -0.3 is 0 Å². The lowest BCUT2D eigenvalue weighted by atomic mass is 10.1. The average molecular weight is 314 g/mol. The Morgan fingerprint density at radius 1 is 1.12 bits per heavy atom. The van der Waals surface area contributed by atoms with Crippen LogP contribution in [-0.4, -0.2) is 49.3 Å². The van der Waals surface area contributed by atoms with Crippen LogP contribution in [0.2, 0.25) is 0 Å². The van der Waals surface area contributed by atoms with Gasteiger partial charge in [-0.05, 0) is 12.8 Å². The van der Waals surface area contributed by atoms with Crippen molar-refractivity contribution in [1.29, 1.82) is 0 Å². The summed E-state index contributed by atoms with van der Waals surface area (Å²) in [4.78, 5) is 2.28. The molecule has 0 aromatic heterocycles. The molecule has 0 bridgehead atoms. The van der Waals surface area contributed by atoms with E-state index in [1.165, 1.54) is 0 Å². The molecule has 0 amide bonds. The first-order chi connectivity index (χ1) is 7.50. The third-order valence-electron chi connectivity index (χ3n) is 2.96. The molecule has 16 heavy (non-hydrogen) atoms. The van der Waals surface area contributed by atoms with E-state index in [-0.39, 0.29) is 11.5 Å². The van der Waals surface area contributed by atoms with E-state index >= 15 is 0 Å². The van der Waals surface area contributed by atoms with Crippen LogP contribution in [0, 0.1) is 0 Å². The fourth-order valence-electron chi connectivity index (χ4n) is 1.79. The van der Waals surface area contributed by atoms with Gasteiger partial charge in [0.15, 0.2) is 9.84 Å². The van der Waals surface area contributed by atoms with Crippen LogP contribution in [0.4, 0.5) is 0 Å². The molecular weight excluding hydrogens is 290 g/mol. The van der Waals surface area contributed by atoms with E-state index in [2.05, 4.69) is 34.7 Å². The molecule has 0 spiro atoms. The number of sulfone groups is 1. The minimum absolute atomic E-state index is 0.248. The molecule has 0 aliphatic carbocycles. The molecule has 0 radical (unpaired) electrons. The summed E-state index contributed by atoms with van der Waals surface area (Å²) in [6, 6.07) is 0.504. The van der Waals surface area contributed by atoms with E-state index < -0.39 is 9.84 Å². The fourth-order valence-corrected chi connectivity index (χ4v) is 3.05. The molecule has 0 fully saturated rings.